The molecule has 0 aromatic heterocycles. The number of hydrogen-bond donors (Lipinski definition) is 2. The highest BCUT2D eigenvalue weighted by Crippen LogP contribution is 2.06. The Labute approximate surface area is 87.5 Å². The summed E-state index contributed by atoms with van der Waals surface area (Å²) < 4.78 is 0. The molecule has 1 heterocycles. The van der Waals surface area contributed by atoms with Crippen molar-refractivity contribution in [2.24, 2.45) is 0 Å². The van der Waals surface area contributed by atoms with Gasteiger partial charge in [0, 0.05) is 6.54 Å². The molecule has 0 unspecified atom stereocenters. The Kier molecular flexibility index (Phi) is 4.85. The predicted octanol–water partition coefficient (Wildman–Crippen LogP) is 0.833. The molecule has 2 N–H and O–H groups in total. The molecule has 0 spiro atoms. The maximum atomic E-state index is 9.46. The van der Waals surface area contributed by atoms with Gasteiger partial charge in [-0.05, 0) is 59.3 Å². The van der Waals surface area contributed by atoms with Crippen LogP contribution in [0.1, 0.15) is 33.1 Å². The van der Waals surface area contributed by atoms with Crippen molar-refractivity contribution < 1.29 is 5.11 Å². The monoisotopic (exact) mass is 200 g/mol. The van der Waals surface area contributed by atoms with E-state index in [9.17, 15) is 5.11 Å². The van der Waals surface area contributed by atoms with Crippen LogP contribution >= 0.6 is 0 Å². The van der Waals surface area contributed by atoms with Crippen molar-refractivity contribution in [3.05, 3.63) is 0 Å². The molecule has 1 rings (SSSR count). The smallest absolute Gasteiger partial charge is 0.0715 e. The number of likely N-dealkylation sites (tertiary alicyclic amines) is 1. The van der Waals surface area contributed by atoms with Gasteiger partial charge in [0.05, 0.1) is 5.60 Å². The zero-order valence-corrected chi connectivity index (χ0v) is 9.55. The van der Waals surface area contributed by atoms with Gasteiger partial charge in [-0.15, -0.1) is 0 Å². The number of nitrogens with one attached hydrogen (secondary N) is 1. The van der Waals surface area contributed by atoms with Gasteiger partial charge in [-0.2, -0.15) is 0 Å². The maximum absolute atomic E-state index is 9.46. The predicted molar refractivity (Wildman–Crippen MR) is 59.5 cm³/mol. The van der Waals surface area contributed by atoms with Crippen molar-refractivity contribution in [3.63, 3.8) is 0 Å². The topological polar surface area (TPSA) is 35.5 Å². The molecule has 0 bridgehead atoms. The van der Waals surface area contributed by atoms with Crippen LogP contribution in [0.3, 0.4) is 0 Å². The summed E-state index contributed by atoms with van der Waals surface area (Å²) in [7, 11) is 0. The third-order valence-electron chi connectivity index (χ3n) is 2.58. The van der Waals surface area contributed by atoms with Crippen LogP contribution in [0, 0.1) is 0 Å². The van der Waals surface area contributed by atoms with Gasteiger partial charge in [0.25, 0.3) is 0 Å². The summed E-state index contributed by atoms with van der Waals surface area (Å²) in [6.45, 7) is 9.14. The van der Waals surface area contributed by atoms with Gasteiger partial charge in [-0.1, -0.05) is 0 Å². The molecule has 84 valence electrons. The Morgan fingerprint density at radius 1 is 1.29 bits per heavy atom. The average molecular weight is 200 g/mol. The molecule has 0 aromatic carbocycles. The summed E-state index contributed by atoms with van der Waals surface area (Å²) >= 11 is 0. The van der Waals surface area contributed by atoms with Crippen molar-refractivity contribution in [2.75, 3.05) is 32.7 Å². The highest BCUT2D eigenvalue weighted by molar-refractivity contribution is 4.69. The van der Waals surface area contributed by atoms with Crippen LogP contribution in [0.15, 0.2) is 0 Å². The first-order chi connectivity index (χ1) is 6.58. The second-order valence-electron chi connectivity index (χ2n) is 4.89. The number of nitrogens with zero attached hydrogens (tertiary/aromatic N) is 1. The minimum Gasteiger partial charge on any atom is -0.389 e. The van der Waals surface area contributed by atoms with Crippen LogP contribution in [0.2, 0.25) is 0 Å². The first kappa shape index (κ1) is 12.0. The van der Waals surface area contributed by atoms with Gasteiger partial charge in [0.15, 0.2) is 0 Å². The molecule has 1 fully saturated rings. The van der Waals surface area contributed by atoms with Crippen molar-refractivity contribution in [2.45, 2.75) is 38.7 Å². The highest BCUT2D eigenvalue weighted by Gasteiger charge is 2.12. The lowest BCUT2D eigenvalue weighted by Gasteiger charge is -2.19. The standard InChI is InChI=1S/C11H24N2O/c1-11(2,14)10-12-6-5-9-13-7-3-4-8-13/h12,14H,3-10H2,1-2H3. The van der Waals surface area contributed by atoms with Crippen LogP contribution in [0.5, 0.6) is 0 Å². The van der Waals surface area contributed by atoms with Crippen LogP contribution in [0.25, 0.3) is 0 Å². The Morgan fingerprint density at radius 3 is 2.50 bits per heavy atom. The normalized spacial score (nSPS) is 19.1. The van der Waals surface area contributed by atoms with Crippen molar-refractivity contribution in [1.82, 2.24) is 10.2 Å². The molecule has 3 heteroatoms. The van der Waals surface area contributed by atoms with Gasteiger partial charge < -0.3 is 15.3 Å². The van der Waals surface area contributed by atoms with Gasteiger partial charge in [-0.3, -0.25) is 0 Å². The molecule has 3 nitrogen and oxygen atoms in total. The maximum Gasteiger partial charge on any atom is 0.0715 e. The first-order valence-electron chi connectivity index (χ1n) is 5.73. The Morgan fingerprint density at radius 2 is 1.93 bits per heavy atom. The van der Waals surface area contributed by atoms with Crippen molar-refractivity contribution in [1.29, 1.82) is 0 Å². The van der Waals surface area contributed by atoms with Gasteiger partial charge >= 0.3 is 0 Å². The summed E-state index contributed by atoms with van der Waals surface area (Å²) in [4.78, 5) is 2.52. The zero-order chi connectivity index (χ0) is 10.4. The molecule has 0 atom stereocenters. The van der Waals surface area contributed by atoms with Crippen LogP contribution < -0.4 is 5.32 Å². The van der Waals surface area contributed by atoms with E-state index in [1.165, 1.54) is 38.9 Å². The van der Waals surface area contributed by atoms with E-state index in [-0.39, 0.29) is 0 Å². The molecule has 14 heavy (non-hydrogen) atoms. The summed E-state index contributed by atoms with van der Waals surface area (Å²) in [6, 6.07) is 0. The summed E-state index contributed by atoms with van der Waals surface area (Å²) in [5.41, 5.74) is -0.576. The molecule has 0 saturated carbocycles. The van der Waals surface area contributed by atoms with Gasteiger partial charge in [-0.25, -0.2) is 0 Å². The average Bonchev–Trinajstić information content (AvgIpc) is 2.54. The van der Waals surface area contributed by atoms with E-state index < -0.39 is 5.60 Å². The fourth-order valence-electron chi connectivity index (χ4n) is 1.83. The van der Waals surface area contributed by atoms with E-state index in [4.69, 9.17) is 0 Å². The number of aliphatic hydroxyl groups is 1. The highest BCUT2D eigenvalue weighted by atomic mass is 16.3. The fraction of sp³-hybridized carbons (Fsp3) is 1.00. The quantitative estimate of drug-likeness (QED) is 0.624. The molecule has 0 aliphatic carbocycles. The van der Waals surface area contributed by atoms with E-state index in [1.807, 2.05) is 13.8 Å². The SMILES string of the molecule is CC(C)(O)CNCCCN1CCCC1. The molecule has 1 saturated heterocycles. The summed E-state index contributed by atoms with van der Waals surface area (Å²) in [5, 5.41) is 12.7. The second kappa shape index (κ2) is 5.69. The van der Waals surface area contributed by atoms with Crippen molar-refractivity contribution in [3.8, 4) is 0 Å². The molecule has 0 aromatic rings. The Balaban J connectivity index is 1.89. The lowest BCUT2D eigenvalue weighted by molar-refractivity contribution is 0.0797. The van der Waals surface area contributed by atoms with Crippen molar-refractivity contribution >= 4 is 0 Å². The molecule has 1 aliphatic rings. The van der Waals surface area contributed by atoms with Crippen LogP contribution in [-0.2, 0) is 0 Å². The third-order valence-corrected chi connectivity index (χ3v) is 2.58. The van der Waals surface area contributed by atoms with Crippen LogP contribution in [0.4, 0.5) is 0 Å². The molecule has 0 amide bonds. The van der Waals surface area contributed by atoms with E-state index in [0.29, 0.717) is 6.54 Å². The minimum absolute atomic E-state index is 0.576. The minimum atomic E-state index is -0.576. The van der Waals surface area contributed by atoms with E-state index >= 15 is 0 Å². The summed E-state index contributed by atoms with van der Waals surface area (Å²) in [6.07, 6.45) is 3.93. The first-order valence-corrected chi connectivity index (χ1v) is 5.73. The summed E-state index contributed by atoms with van der Waals surface area (Å²) in [5.74, 6) is 0. The number of hydrogen-bond acceptors (Lipinski definition) is 3. The second-order valence-corrected chi connectivity index (χ2v) is 4.89. The largest absolute Gasteiger partial charge is 0.389 e. The zero-order valence-electron chi connectivity index (χ0n) is 9.55. The molecule has 1 aliphatic heterocycles. The Bertz CT molecular complexity index is 148. The van der Waals surface area contributed by atoms with E-state index in [2.05, 4.69) is 10.2 Å². The lowest BCUT2D eigenvalue weighted by atomic mass is 10.1. The third kappa shape index (κ3) is 5.58. The van der Waals surface area contributed by atoms with Gasteiger partial charge in [0.2, 0.25) is 0 Å². The van der Waals surface area contributed by atoms with Gasteiger partial charge in [0.1, 0.15) is 0 Å². The van der Waals surface area contributed by atoms with E-state index in [0.717, 1.165) is 6.54 Å². The lowest BCUT2D eigenvalue weighted by Crippen LogP contribution is -2.36. The molecular formula is C11H24N2O. The molecule has 0 radical (unpaired) electrons. The van der Waals surface area contributed by atoms with E-state index in [1.54, 1.807) is 0 Å². The fourth-order valence-corrected chi connectivity index (χ4v) is 1.83. The number of rotatable bonds is 6. The Hall–Kier alpha value is -0.120. The molecular weight excluding hydrogens is 176 g/mol. The van der Waals surface area contributed by atoms with Crippen LogP contribution in [-0.4, -0.2) is 48.3 Å².